The van der Waals surface area contributed by atoms with Gasteiger partial charge >= 0.3 is 0 Å². The first kappa shape index (κ1) is 16.5. The number of aliphatic hydroxyl groups is 1. The van der Waals surface area contributed by atoms with Crippen molar-refractivity contribution in [1.82, 2.24) is 9.29 Å². The largest absolute Gasteiger partial charge is 0.390 e. The number of aromatic nitrogens is 1. The first-order valence-corrected chi connectivity index (χ1v) is 9.26. The van der Waals surface area contributed by atoms with E-state index in [0.29, 0.717) is 18.2 Å². The van der Waals surface area contributed by atoms with E-state index >= 15 is 0 Å². The van der Waals surface area contributed by atoms with Crippen molar-refractivity contribution in [3.8, 4) is 0 Å². The lowest BCUT2D eigenvalue weighted by atomic mass is 10.0. The van der Waals surface area contributed by atoms with Crippen LogP contribution in [0.15, 0.2) is 17.2 Å². The quantitative estimate of drug-likeness (QED) is 0.819. The van der Waals surface area contributed by atoms with Gasteiger partial charge in [-0.05, 0) is 38.2 Å². The molecule has 1 aromatic heterocycles. The molecule has 5 nitrogen and oxygen atoms in total. The average Bonchev–Trinajstić information content (AvgIpc) is 2.78. The summed E-state index contributed by atoms with van der Waals surface area (Å²) in [6, 6.07) is 1.59. The molecule has 0 bridgehead atoms. The molecule has 2 N–H and O–H groups in total. The lowest BCUT2D eigenvalue weighted by Crippen LogP contribution is -2.34. The van der Waals surface area contributed by atoms with E-state index in [-0.39, 0.29) is 17.5 Å². The second-order valence-electron chi connectivity index (χ2n) is 6.04. The fraction of sp³-hybridized carbons (Fsp3) is 0.733. The van der Waals surface area contributed by atoms with Crippen molar-refractivity contribution >= 4 is 10.0 Å². The van der Waals surface area contributed by atoms with Crippen molar-refractivity contribution in [2.45, 2.75) is 70.0 Å². The normalized spacial score (nSPS) is 24.0. The van der Waals surface area contributed by atoms with Gasteiger partial charge in [-0.3, -0.25) is 0 Å². The van der Waals surface area contributed by atoms with Crippen molar-refractivity contribution in [2.75, 3.05) is 0 Å². The maximum Gasteiger partial charge on any atom is 0.242 e. The van der Waals surface area contributed by atoms with Crippen molar-refractivity contribution in [3.63, 3.8) is 0 Å². The molecule has 1 saturated carbocycles. The number of aryl methyl sites for hydroxylation is 1. The Hall–Kier alpha value is -0.850. The minimum absolute atomic E-state index is 0.0301. The van der Waals surface area contributed by atoms with Crippen LogP contribution in [0.2, 0.25) is 0 Å². The molecular weight excluding hydrogens is 288 g/mol. The zero-order valence-corrected chi connectivity index (χ0v) is 13.7. The maximum atomic E-state index is 12.5. The van der Waals surface area contributed by atoms with Crippen molar-refractivity contribution in [3.05, 3.63) is 18.0 Å². The van der Waals surface area contributed by atoms with Gasteiger partial charge in [0, 0.05) is 24.5 Å². The van der Waals surface area contributed by atoms with E-state index in [0.717, 1.165) is 25.7 Å². The number of aliphatic hydroxyl groups excluding tert-OH is 1. The monoisotopic (exact) mass is 314 g/mol. The number of nitrogens with zero attached hydrogens (tertiary/aromatic N) is 1. The fourth-order valence-electron chi connectivity index (χ4n) is 2.99. The highest BCUT2D eigenvalue weighted by Crippen LogP contribution is 2.24. The molecule has 1 fully saturated rings. The molecule has 0 aromatic carbocycles. The van der Waals surface area contributed by atoms with Crippen LogP contribution >= 0.6 is 0 Å². The molecule has 1 aliphatic carbocycles. The molecule has 0 radical (unpaired) electrons. The van der Waals surface area contributed by atoms with E-state index < -0.39 is 10.0 Å². The third kappa shape index (κ3) is 4.08. The summed E-state index contributed by atoms with van der Waals surface area (Å²) in [4.78, 5) is 0.255. The molecule has 0 spiro atoms. The molecule has 2 unspecified atom stereocenters. The third-order valence-corrected chi connectivity index (χ3v) is 5.84. The number of hydrogen-bond donors (Lipinski definition) is 2. The topological polar surface area (TPSA) is 71.3 Å². The van der Waals surface area contributed by atoms with Gasteiger partial charge in [0.2, 0.25) is 10.0 Å². The van der Waals surface area contributed by atoms with Crippen LogP contribution in [0.4, 0.5) is 0 Å². The van der Waals surface area contributed by atoms with Gasteiger partial charge in [-0.15, -0.1) is 0 Å². The predicted octanol–water partition coefficient (Wildman–Crippen LogP) is 2.25. The summed E-state index contributed by atoms with van der Waals surface area (Å²) in [6.07, 6.45) is 6.75. The molecule has 1 heterocycles. The van der Waals surface area contributed by atoms with Gasteiger partial charge in [0.25, 0.3) is 0 Å². The first-order chi connectivity index (χ1) is 9.96. The maximum absolute atomic E-state index is 12.5. The SMILES string of the molecule is CCn1cc(S(=O)(=O)NC2CCCC(C)CC2)cc1CO. The van der Waals surface area contributed by atoms with Crippen molar-refractivity contribution in [2.24, 2.45) is 5.92 Å². The molecule has 0 saturated heterocycles. The number of nitrogens with one attached hydrogen (secondary N) is 1. The van der Waals surface area contributed by atoms with Gasteiger partial charge in [-0.25, -0.2) is 13.1 Å². The van der Waals surface area contributed by atoms with E-state index in [1.54, 1.807) is 16.8 Å². The molecule has 1 aliphatic rings. The Kier molecular flexibility index (Phi) is 5.46. The molecule has 0 amide bonds. The van der Waals surface area contributed by atoms with Crippen molar-refractivity contribution in [1.29, 1.82) is 0 Å². The lowest BCUT2D eigenvalue weighted by molar-refractivity contribution is 0.271. The van der Waals surface area contributed by atoms with Crippen LogP contribution in [0.3, 0.4) is 0 Å². The second kappa shape index (κ2) is 6.94. The highest BCUT2D eigenvalue weighted by molar-refractivity contribution is 7.89. The minimum atomic E-state index is -3.50. The molecule has 2 atom stereocenters. The number of sulfonamides is 1. The Morgan fingerprint density at radius 3 is 2.71 bits per heavy atom. The standard InChI is InChI=1S/C15H26N2O3S/c1-3-17-10-15(9-14(17)11-18)21(19,20)16-13-6-4-5-12(2)7-8-13/h9-10,12-13,16,18H,3-8,11H2,1-2H3. The van der Waals surface area contributed by atoms with E-state index in [4.69, 9.17) is 0 Å². The van der Waals surface area contributed by atoms with Crippen LogP contribution in [-0.4, -0.2) is 24.1 Å². The summed E-state index contributed by atoms with van der Waals surface area (Å²) >= 11 is 0. The molecular formula is C15H26N2O3S. The Labute approximate surface area is 127 Å². The fourth-order valence-corrected chi connectivity index (χ4v) is 4.36. The third-order valence-electron chi connectivity index (χ3n) is 4.35. The second-order valence-corrected chi connectivity index (χ2v) is 7.76. The van der Waals surface area contributed by atoms with E-state index in [1.165, 1.54) is 6.42 Å². The molecule has 2 rings (SSSR count). The van der Waals surface area contributed by atoms with Gasteiger partial charge in [-0.1, -0.05) is 19.8 Å². The first-order valence-electron chi connectivity index (χ1n) is 7.78. The van der Waals surface area contributed by atoms with E-state index in [1.807, 2.05) is 6.92 Å². The summed E-state index contributed by atoms with van der Waals surface area (Å²) in [5.41, 5.74) is 0.632. The van der Waals surface area contributed by atoms with Gasteiger partial charge in [0.05, 0.1) is 11.5 Å². The molecule has 120 valence electrons. The highest BCUT2D eigenvalue weighted by atomic mass is 32.2. The van der Waals surface area contributed by atoms with Gasteiger partial charge in [0.1, 0.15) is 0 Å². The Bertz CT molecular complexity index is 544. The van der Waals surface area contributed by atoms with Crippen molar-refractivity contribution < 1.29 is 13.5 Å². The predicted molar refractivity (Wildman–Crippen MR) is 82.4 cm³/mol. The summed E-state index contributed by atoms with van der Waals surface area (Å²) in [6.45, 7) is 4.65. The van der Waals surface area contributed by atoms with Crippen LogP contribution in [0.1, 0.15) is 51.6 Å². The summed E-state index contributed by atoms with van der Waals surface area (Å²) in [5, 5.41) is 9.28. The molecule has 0 aliphatic heterocycles. The van der Waals surface area contributed by atoms with Crippen LogP contribution < -0.4 is 4.72 Å². The van der Waals surface area contributed by atoms with E-state index in [9.17, 15) is 13.5 Å². The lowest BCUT2D eigenvalue weighted by Gasteiger charge is -2.15. The van der Waals surface area contributed by atoms with Crippen LogP contribution in [-0.2, 0) is 23.2 Å². The Balaban J connectivity index is 2.12. The average molecular weight is 314 g/mol. The number of rotatable bonds is 5. The van der Waals surface area contributed by atoms with Crippen LogP contribution in [0.5, 0.6) is 0 Å². The summed E-state index contributed by atoms with van der Waals surface area (Å²) < 4.78 is 29.6. The summed E-state index contributed by atoms with van der Waals surface area (Å²) in [5.74, 6) is 0.682. The zero-order chi connectivity index (χ0) is 15.5. The molecule has 6 heteroatoms. The van der Waals surface area contributed by atoms with Gasteiger partial charge in [-0.2, -0.15) is 0 Å². The molecule has 21 heavy (non-hydrogen) atoms. The Morgan fingerprint density at radius 1 is 1.33 bits per heavy atom. The number of hydrogen-bond acceptors (Lipinski definition) is 3. The molecule has 1 aromatic rings. The van der Waals surface area contributed by atoms with Gasteiger partial charge in [0.15, 0.2) is 0 Å². The van der Waals surface area contributed by atoms with Crippen LogP contribution in [0.25, 0.3) is 0 Å². The van der Waals surface area contributed by atoms with Crippen LogP contribution in [0, 0.1) is 5.92 Å². The minimum Gasteiger partial charge on any atom is -0.390 e. The highest BCUT2D eigenvalue weighted by Gasteiger charge is 2.24. The van der Waals surface area contributed by atoms with E-state index in [2.05, 4.69) is 11.6 Å². The zero-order valence-electron chi connectivity index (χ0n) is 12.9. The summed E-state index contributed by atoms with van der Waals surface area (Å²) in [7, 11) is -3.50. The van der Waals surface area contributed by atoms with Gasteiger partial charge < -0.3 is 9.67 Å². The Morgan fingerprint density at radius 2 is 2.10 bits per heavy atom. The smallest absolute Gasteiger partial charge is 0.242 e.